The molecule has 1 aliphatic carbocycles. The molecule has 1 aliphatic heterocycles. The lowest BCUT2D eigenvalue weighted by molar-refractivity contribution is 0.0939. The van der Waals surface area contributed by atoms with Gasteiger partial charge in [0.05, 0.1) is 10.6 Å². The van der Waals surface area contributed by atoms with Crippen LogP contribution in [-0.4, -0.2) is 51.4 Å². The molecule has 2 aliphatic rings. The fourth-order valence-corrected chi connectivity index (χ4v) is 5.36. The number of benzene rings is 2. The fourth-order valence-electron chi connectivity index (χ4n) is 3.81. The van der Waals surface area contributed by atoms with Crippen molar-refractivity contribution in [1.29, 1.82) is 0 Å². The molecule has 1 atom stereocenters. The van der Waals surface area contributed by atoms with Crippen LogP contribution in [0.2, 0.25) is 0 Å². The van der Waals surface area contributed by atoms with Crippen molar-refractivity contribution in [2.24, 2.45) is 0 Å². The molecule has 0 saturated heterocycles. The molecule has 0 radical (unpaired) electrons. The van der Waals surface area contributed by atoms with E-state index in [2.05, 4.69) is 24.2 Å². The van der Waals surface area contributed by atoms with E-state index in [1.165, 1.54) is 23.2 Å². The summed E-state index contributed by atoms with van der Waals surface area (Å²) < 4.78 is 27.8. The maximum atomic E-state index is 13.2. The first kappa shape index (κ1) is 19.9. The molecule has 2 aromatic carbocycles. The minimum absolute atomic E-state index is 0.144. The van der Waals surface area contributed by atoms with Gasteiger partial charge in [-0.1, -0.05) is 24.3 Å². The van der Waals surface area contributed by atoms with Crippen molar-refractivity contribution in [3.05, 3.63) is 59.7 Å². The number of carbonyl (C=O) groups is 1. The van der Waals surface area contributed by atoms with Crippen molar-refractivity contribution >= 4 is 21.6 Å². The number of nitrogens with zero attached hydrogens (tertiary/aromatic N) is 2. The Kier molecular flexibility index (Phi) is 5.36. The van der Waals surface area contributed by atoms with E-state index in [4.69, 9.17) is 0 Å². The Hall–Kier alpha value is -2.38. The number of likely N-dealkylation sites (N-methyl/N-ethyl adjacent to an activating group) is 1. The van der Waals surface area contributed by atoms with Crippen LogP contribution in [0.3, 0.4) is 0 Å². The van der Waals surface area contributed by atoms with Gasteiger partial charge in [0.1, 0.15) is 0 Å². The quantitative estimate of drug-likeness (QED) is 0.758. The lowest BCUT2D eigenvalue weighted by Crippen LogP contribution is -2.41. The van der Waals surface area contributed by atoms with Crippen molar-refractivity contribution in [1.82, 2.24) is 10.2 Å². The van der Waals surface area contributed by atoms with Crippen molar-refractivity contribution in [2.45, 2.75) is 43.2 Å². The summed E-state index contributed by atoms with van der Waals surface area (Å²) in [5.74, 6) is -0.250. The number of hydrogen-bond acceptors (Lipinski definition) is 4. The fraction of sp³-hybridized carbons (Fsp3) is 0.409. The maximum Gasteiger partial charge on any atom is 0.264 e. The molecular weight excluding hydrogens is 386 g/mol. The van der Waals surface area contributed by atoms with Crippen LogP contribution in [0, 0.1) is 0 Å². The molecule has 2 aromatic rings. The summed E-state index contributed by atoms with van der Waals surface area (Å²) in [7, 11) is -1.63. The Morgan fingerprint density at radius 3 is 2.72 bits per heavy atom. The van der Waals surface area contributed by atoms with Gasteiger partial charge in [-0.05, 0) is 63.1 Å². The van der Waals surface area contributed by atoms with Crippen LogP contribution in [0.15, 0.2) is 53.4 Å². The molecule has 7 heteroatoms. The van der Waals surface area contributed by atoms with Gasteiger partial charge >= 0.3 is 0 Å². The second-order valence-electron chi connectivity index (χ2n) is 7.94. The number of rotatable bonds is 7. The third kappa shape index (κ3) is 4.02. The molecule has 1 saturated carbocycles. The highest BCUT2D eigenvalue weighted by Gasteiger charge is 2.31. The van der Waals surface area contributed by atoms with Gasteiger partial charge in [-0.3, -0.25) is 14.0 Å². The number of anilines is 1. The van der Waals surface area contributed by atoms with Gasteiger partial charge in [-0.15, -0.1) is 0 Å². The molecule has 0 bridgehead atoms. The van der Waals surface area contributed by atoms with E-state index >= 15 is 0 Å². The van der Waals surface area contributed by atoms with Crippen molar-refractivity contribution < 1.29 is 13.2 Å². The second kappa shape index (κ2) is 7.80. The molecule has 1 heterocycles. The Balaban J connectivity index is 1.49. The summed E-state index contributed by atoms with van der Waals surface area (Å²) in [5, 5.41) is 2.94. The smallest absolute Gasteiger partial charge is 0.264 e. The van der Waals surface area contributed by atoms with Crippen LogP contribution in [-0.2, 0) is 16.4 Å². The summed E-state index contributed by atoms with van der Waals surface area (Å²) in [6.45, 7) is 3.04. The predicted molar refractivity (Wildman–Crippen MR) is 114 cm³/mol. The van der Waals surface area contributed by atoms with Crippen LogP contribution in [0.5, 0.6) is 0 Å². The average molecular weight is 414 g/mol. The summed E-state index contributed by atoms with van der Waals surface area (Å²) >= 11 is 0. The molecule has 1 fully saturated rings. The van der Waals surface area contributed by atoms with E-state index < -0.39 is 10.0 Å². The normalized spacial score (nSPS) is 17.3. The van der Waals surface area contributed by atoms with E-state index in [1.54, 1.807) is 18.2 Å². The van der Waals surface area contributed by atoms with Gasteiger partial charge in [0, 0.05) is 30.7 Å². The molecule has 1 amide bonds. The number of fused-ring (bicyclic) bond motifs is 1. The van der Waals surface area contributed by atoms with Gasteiger partial charge in [0.15, 0.2) is 0 Å². The van der Waals surface area contributed by atoms with Gasteiger partial charge in [-0.25, -0.2) is 8.42 Å². The molecule has 1 unspecified atom stereocenters. The summed E-state index contributed by atoms with van der Waals surface area (Å²) in [4.78, 5) is 15.0. The summed E-state index contributed by atoms with van der Waals surface area (Å²) in [6.07, 6.45) is 3.13. The van der Waals surface area contributed by atoms with Crippen LogP contribution >= 0.6 is 0 Å². The number of carbonyl (C=O) groups excluding carboxylic acids is 1. The zero-order valence-electron chi connectivity index (χ0n) is 16.8. The molecule has 0 aromatic heterocycles. The Bertz CT molecular complexity index is 1020. The number of amides is 1. The van der Waals surface area contributed by atoms with Crippen molar-refractivity contribution in [2.75, 3.05) is 24.4 Å². The second-order valence-corrected chi connectivity index (χ2v) is 9.80. The van der Waals surface area contributed by atoms with Crippen molar-refractivity contribution in [3.63, 3.8) is 0 Å². The summed E-state index contributed by atoms with van der Waals surface area (Å²) in [6, 6.07) is 14.7. The largest absolute Gasteiger partial charge is 0.350 e. The number of para-hydroxylation sites is 1. The molecule has 29 heavy (non-hydrogen) atoms. The minimum atomic E-state index is -3.71. The van der Waals surface area contributed by atoms with Gasteiger partial charge in [0.25, 0.3) is 15.9 Å². The monoisotopic (exact) mass is 413 g/mol. The zero-order valence-corrected chi connectivity index (χ0v) is 17.7. The van der Waals surface area contributed by atoms with Gasteiger partial charge < -0.3 is 5.32 Å². The lowest BCUT2D eigenvalue weighted by Gasteiger charge is -2.24. The Morgan fingerprint density at radius 2 is 1.97 bits per heavy atom. The van der Waals surface area contributed by atoms with Crippen LogP contribution in [0.25, 0.3) is 0 Å². The standard InChI is InChI=1S/C22H27N3O3S/c1-16(24(2)19-10-11-19)15-23-22(26)18-7-5-8-20(14-18)29(27,28)25-13-12-17-6-3-4-9-21(17)25/h3-9,14,16,19H,10-13,15H2,1-2H3,(H,23,26). The third-order valence-corrected chi connectivity index (χ3v) is 7.71. The van der Waals surface area contributed by atoms with E-state index in [0.29, 0.717) is 31.1 Å². The molecule has 4 rings (SSSR count). The number of sulfonamides is 1. The van der Waals surface area contributed by atoms with E-state index in [1.807, 2.05) is 24.3 Å². The molecule has 6 nitrogen and oxygen atoms in total. The van der Waals surface area contributed by atoms with Gasteiger partial charge in [0.2, 0.25) is 0 Å². The highest BCUT2D eigenvalue weighted by atomic mass is 32.2. The number of hydrogen-bond donors (Lipinski definition) is 1. The first-order chi connectivity index (χ1) is 13.9. The first-order valence-electron chi connectivity index (χ1n) is 10.1. The highest BCUT2D eigenvalue weighted by molar-refractivity contribution is 7.92. The SMILES string of the molecule is CC(CNC(=O)c1cccc(S(=O)(=O)N2CCc3ccccc32)c1)N(C)C1CC1. The highest BCUT2D eigenvalue weighted by Crippen LogP contribution is 2.32. The lowest BCUT2D eigenvalue weighted by atomic mass is 10.2. The van der Waals surface area contributed by atoms with E-state index in [9.17, 15) is 13.2 Å². The number of nitrogens with one attached hydrogen (secondary N) is 1. The van der Waals surface area contributed by atoms with E-state index in [-0.39, 0.29) is 16.8 Å². The molecule has 154 valence electrons. The van der Waals surface area contributed by atoms with Crippen molar-refractivity contribution in [3.8, 4) is 0 Å². The average Bonchev–Trinajstić information content (AvgIpc) is 3.49. The maximum absolute atomic E-state index is 13.2. The molecule has 1 N–H and O–H groups in total. The first-order valence-corrected chi connectivity index (χ1v) is 11.5. The summed E-state index contributed by atoms with van der Waals surface area (Å²) in [5.41, 5.74) is 2.11. The van der Waals surface area contributed by atoms with E-state index in [0.717, 1.165) is 11.3 Å². The zero-order chi connectivity index (χ0) is 20.6. The third-order valence-electron chi connectivity index (χ3n) is 5.90. The predicted octanol–water partition coefficient (Wildman–Crippen LogP) is 2.65. The van der Waals surface area contributed by atoms with Crippen LogP contribution in [0.4, 0.5) is 5.69 Å². The minimum Gasteiger partial charge on any atom is -0.350 e. The Labute approximate surface area is 172 Å². The molecule has 0 spiro atoms. The van der Waals surface area contributed by atoms with Crippen LogP contribution in [0.1, 0.15) is 35.7 Å². The molecular formula is C22H27N3O3S. The topological polar surface area (TPSA) is 69.7 Å². The van der Waals surface area contributed by atoms with Gasteiger partial charge in [-0.2, -0.15) is 0 Å². The van der Waals surface area contributed by atoms with Crippen LogP contribution < -0.4 is 9.62 Å². The Morgan fingerprint density at radius 1 is 1.21 bits per heavy atom.